The fraction of sp³-hybridized carbons (Fsp3) is 0.650. The van der Waals surface area contributed by atoms with Crippen LogP contribution in [0.1, 0.15) is 44.6 Å². The van der Waals surface area contributed by atoms with Gasteiger partial charge in [0.2, 0.25) is 5.91 Å². The van der Waals surface area contributed by atoms with Gasteiger partial charge < -0.3 is 9.80 Å². The molecule has 4 rings (SSSR count). The first-order valence-corrected chi connectivity index (χ1v) is 11.6. The Morgan fingerprint density at radius 1 is 1.15 bits per heavy atom. The summed E-state index contributed by atoms with van der Waals surface area (Å²) in [6.45, 7) is 2.51. The Bertz CT molecular complexity index is 786. The Labute approximate surface area is 156 Å². The second kappa shape index (κ2) is 6.87. The third-order valence-corrected chi connectivity index (χ3v) is 8.01. The van der Waals surface area contributed by atoms with E-state index in [4.69, 9.17) is 0 Å². The van der Waals surface area contributed by atoms with Crippen molar-refractivity contribution in [2.45, 2.75) is 63.6 Å². The molecule has 3 aliphatic rings. The van der Waals surface area contributed by atoms with E-state index in [-0.39, 0.29) is 29.5 Å². The molecule has 2 atom stereocenters. The van der Waals surface area contributed by atoms with Crippen molar-refractivity contribution in [1.82, 2.24) is 4.90 Å². The lowest BCUT2D eigenvalue weighted by molar-refractivity contribution is -0.134. The van der Waals surface area contributed by atoms with Gasteiger partial charge in [-0.15, -0.1) is 0 Å². The van der Waals surface area contributed by atoms with Crippen LogP contribution in [0.5, 0.6) is 0 Å². The maximum absolute atomic E-state index is 13.3. The molecule has 2 unspecified atom stereocenters. The summed E-state index contributed by atoms with van der Waals surface area (Å²) in [4.78, 5) is 17.5. The predicted molar refractivity (Wildman–Crippen MR) is 103 cm³/mol. The maximum atomic E-state index is 13.3. The normalized spacial score (nSPS) is 27.7. The van der Waals surface area contributed by atoms with Gasteiger partial charge in [0.1, 0.15) is 0 Å². The van der Waals surface area contributed by atoms with E-state index < -0.39 is 9.84 Å². The fourth-order valence-corrected chi connectivity index (χ4v) is 6.69. The summed E-state index contributed by atoms with van der Waals surface area (Å²) in [6.07, 6.45) is 5.85. The molecule has 6 heteroatoms. The number of carbonyl (C=O) groups excluding carboxylic acids is 1. The van der Waals surface area contributed by atoms with Gasteiger partial charge in [0.15, 0.2) is 9.84 Å². The van der Waals surface area contributed by atoms with Crippen LogP contribution < -0.4 is 4.90 Å². The summed E-state index contributed by atoms with van der Waals surface area (Å²) in [6, 6.07) is 8.67. The van der Waals surface area contributed by atoms with Gasteiger partial charge in [-0.1, -0.05) is 31.0 Å². The number of hydrogen-bond acceptors (Lipinski definition) is 4. The summed E-state index contributed by atoms with van der Waals surface area (Å²) in [7, 11) is -3.00. The molecule has 26 heavy (non-hydrogen) atoms. The molecular formula is C20H28N2O3S. The molecule has 1 aromatic carbocycles. The van der Waals surface area contributed by atoms with E-state index >= 15 is 0 Å². The third-order valence-electron chi connectivity index (χ3n) is 6.26. The lowest BCUT2D eigenvalue weighted by atomic mass is 10.1. The molecule has 1 saturated heterocycles. The molecule has 1 aliphatic carbocycles. The molecule has 2 aliphatic heterocycles. The summed E-state index contributed by atoms with van der Waals surface area (Å²) >= 11 is 0. The minimum atomic E-state index is -3.00. The van der Waals surface area contributed by atoms with Crippen LogP contribution in [-0.4, -0.2) is 55.4 Å². The highest BCUT2D eigenvalue weighted by Gasteiger charge is 2.40. The third kappa shape index (κ3) is 3.36. The predicted octanol–water partition coefficient (Wildman–Crippen LogP) is 2.40. The summed E-state index contributed by atoms with van der Waals surface area (Å²) in [5, 5.41) is 0. The second-order valence-electron chi connectivity index (χ2n) is 8.11. The number of hydrogen-bond donors (Lipinski definition) is 0. The molecule has 0 radical (unpaired) electrons. The highest BCUT2D eigenvalue weighted by Crippen LogP contribution is 2.33. The van der Waals surface area contributed by atoms with Crippen molar-refractivity contribution in [3.8, 4) is 0 Å². The molecule has 2 heterocycles. The monoisotopic (exact) mass is 376 g/mol. The van der Waals surface area contributed by atoms with Crippen LogP contribution in [0.25, 0.3) is 0 Å². The standard InChI is InChI=1S/C20H28N2O3S/c1-15-12-16-6-2-5-9-19(16)21(15)13-20(23)22(17-7-3-4-8-17)18-10-11-26(24,25)14-18/h2,5-6,9,15,17-18H,3-4,7-8,10-14H2,1H3. The molecule has 0 bridgehead atoms. The minimum absolute atomic E-state index is 0.0996. The maximum Gasteiger partial charge on any atom is 0.242 e. The molecule has 2 fully saturated rings. The Kier molecular flexibility index (Phi) is 4.71. The van der Waals surface area contributed by atoms with Crippen LogP contribution >= 0.6 is 0 Å². The van der Waals surface area contributed by atoms with Gasteiger partial charge in [-0.2, -0.15) is 0 Å². The summed E-state index contributed by atoms with van der Waals surface area (Å²) < 4.78 is 24.0. The molecule has 5 nitrogen and oxygen atoms in total. The van der Waals surface area contributed by atoms with Crippen LogP contribution in [0, 0.1) is 0 Å². The quantitative estimate of drug-likeness (QED) is 0.810. The van der Waals surface area contributed by atoms with Crippen molar-refractivity contribution in [2.24, 2.45) is 0 Å². The first kappa shape index (κ1) is 17.8. The van der Waals surface area contributed by atoms with Gasteiger partial charge in [0, 0.05) is 23.8 Å². The number of fused-ring (bicyclic) bond motifs is 1. The van der Waals surface area contributed by atoms with Gasteiger partial charge >= 0.3 is 0 Å². The number of benzene rings is 1. The Morgan fingerprint density at radius 3 is 2.58 bits per heavy atom. The van der Waals surface area contributed by atoms with Crippen molar-refractivity contribution in [3.63, 3.8) is 0 Å². The highest BCUT2D eigenvalue weighted by molar-refractivity contribution is 7.91. The van der Waals surface area contributed by atoms with Gasteiger partial charge in [-0.3, -0.25) is 4.79 Å². The van der Waals surface area contributed by atoms with E-state index in [2.05, 4.69) is 24.0 Å². The fourth-order valence-electron chi connectivity index (χ4n) is 4.98. The van der Waals surface area contributed by atoms with Gasteiger partial charge in [-0.05, 0) is 44.2 Å². The van der Waals surface area contributed by atoms with E-state index in [0.29, 0.717) is 19.0 Å². The number of anilines is 1. The number of nitrogens with zero attached hydrogens (tertiary/aromatic N) is 2. The average molecular weight is 377 g/mol. The number of rotatable bonds is 4. The van der Waals surface area contributed by atoms with Crippen molar-refractivity contribution in [2.75, 3.05) is 23.0 Å². The zero-order chi connectivity index (χ0) is 18.3. The molecule has 1 saturated carbocycles. The topological polar surface area (TPSA) is 57.7 Å². The first-order valence-electron chi connectivity index (χ1n) is 9.81. The Morgan fingerprint density at radius 2 is 1.88 bits per heavy atom. The van der Waals surface area contributed by atoms with E-state index in [1.165, 1.54) is 5.56 Å². The Balaban J connectivity index is 1.55. The summed E-state index contributed by atoms with van der Waals surface area (Å²) in [5.74, 6) is 0.459. The largest absolute Gasteiger partial charge is 0.359 e. The van der Waals surface area contributed by atoms with Gasteiger partial charge in [-0.25, -0.2) is 8.42 Å². The number of carbonyl (C=O) groups is 1. The van der Waals surface area contributed by atoms with Crippen molar-refractivity contribution in [3.05, 3.63) is 29.8 Å². The van der Waals surface area contributed by atoms with Crippen LogP contribution in [0.15, 0.2) is 24.3 Å². The van der Waals surface area contributed by atoms with Gasteiger partial charge in [0.25, 0.3) is 0 Å². The van der Waals surface area contributed by atoms with E-state index in [1.54, 1.807) is 0 Å². The minimum Gasteiger partial charge on any atom is -0.359 e. The Hall–Kier alpha value is -1.56. The highest BCUT2D eigenvalue weighted by atomic mass is 32.2. The molecule has 0 aromatic heterocycles. The molecule has 142 valence electrons. The summed E-state index contributed by atoms with van der Waals surface area (Å²) in [5.41, 5.74) is 2.45. The van der Waals surface area contributed by atoms with Gasteiger partial charge in [0.05, 0.1) is 18.1 Å². The lowest BCUT2D eigenvalue weighted by Gasteiger charge is -2.36. The lowest BCUT2D eigenvalue weighted by Crippen LogP contribution is -2.51. The number of sulfone groups is 1. The molecule has 1 amide bonds. The van der Waals surface area contributed by atoms with E-state index in [1.807, 2.05) is 17.0 Å². The van der Waals surface area contributed by atoms with Crippen LogP contribution in [0.3, 0.4) is 0 Å². The second-order valence-corrected chi connectivity index (χ2v) is 10.3. The van der Waals surface area contributed by atoms with Crippen LogP contribution in [0.2, 0.25) is 0 Å². The number of para-hydroxylation sites is 1. The zero-order valence-electron chi connectivity index (χ0n) is 15.4. The average Bonchev–Trinajstić information content (AvgIpc) is 3.30. The SMILES string of the molecule is CC1Cc2ccccc2N1CC(=O)N(C1CCCC1)C1CCS(=O)(=O)C1. The smallest absolute Gasteiger partial charge is 0.242 e. The van der Waals surface area contributed by atoms with E-state index in [9.17, 15) is 13.2 Å². The molecule has 0 spiro atoms. The van der Waals surface area contributed by atoms with Crippen molar-refractivity contribution >= 4 is 21.4 Å². The van der Waals surface area contributed by atoms with E-state index in [0.717, 1.165) is 37.8 Å². The molecule has 0 N–H and O–H groups in total. The number of amides is 1. The zero-order valence-corrected chi connectivity index (χ0v) is 16.2. The van der Waals surface area contributed by atoms with Crippen molar-refractivity contribution < 1.29 is 13.2 Å². The van der Waals surface area contributed by atoms with Crippen LogP contribution in [-0.2, 0) is 21.1 Å². The molecular weight excluding hydrogens is 348 g/mol. The van der Waals surface area contributed by atoms with Crippen molar-refractivity contribution in [1.29, 1.82) is 0 Å². The molecule has 1 aromatic rings. The first-order chi connectivity index (χ1) is 12.4. The van der Waals surface area contributed by atoms with Crippen LogP contribution in [0.4, 0.5) is 5.69 Å².